The van der Waals surface area contributed by atoms with Crippen LogP contribution >= 0.6 is 22.7 Å². The van der Waals surface area contributed by atoms with Gasteiger partial charge < -0.3 is 14.5 Å². The molecule has 3 heterocycles. The van der Waals surface area contributed by atoms with Crippen molar-refractivity contribution < 1.29 is 13.9 Å². The van der Waals surface area contributed by atoms with Crippen LogP contribution in [0.15, 0.2) is 51.8 Å². The minimum Gasteiger partial charge on any atom is -0.497 e. The number of aromatic nitrogens is 1. The second-order valence-corrected chi connectivity index (χ2v) is 7.17. The van der Waals surface area contributed by atoms with E-state index in [4.69, 9.17) is 9.15 Å². The largest absolute Gasteiger partial charge is 0.497 e. The van der Waals surface area contributed by atoms with Crippen LogP contribution in [0.3, 0.4) is 0 Å². The summed E-state index contributed by atoms with van der Waals surface area (Å²) in [5.41, 5.74) is 2.43. The normalized spacial score (nSPS) is 10.9. The molecular weight excluding hydrogens is 356 g/mol. The van der Waals surface area contributed by atoms with Crippen molar-refractivity contribution in [3.8, 4) is 16.3 Å². The van der Waals surface area contributed by atoms with Gasteiger partial charge in [0.15, 0.2) is 5.13 Å². The number of rotatable bonds is 5. The fourth-order valence-electron chi connectivity index (χ4n) is 2.53. The van der Waals surface area contributed by atoms with E-state index >= 15 is 0 Å². The van der Waals surface area contributed by atoms with Gasteiger partial charge >= 0.3 is 0 Å². The number of carbonyl (C=O) groups is 1. The fraction of sp³-hybridized carbons (Fsp3) is 0.111. The molecule has 0 saturated heterocycles. The number of ether oxygens (including phenoxy) is 1. The van der Waals surface area contributed by atoms with E-state index in [1.807, 2.05) is 41.1 Å². The number of fused-ring (bicyclic) bond motifs is 1. The Balaban J connectivity index is 1.47. The Bertz CT molecular complexity index is 1020. The fourth-order valence-corrected chi connectivity index (χ4v) is 4.02. The first-order valence-corrected chi connectivity index (χ1v) is 9.32. The number of anilines is 1. The maximum atomic E-state index is 12.3. The molecule has 0 aliphatic carbocycles. The number of hydrogen-bond acceptors (Lipinski definition) is 6. The molecule has 1 amide bonds. The zero-order valence-corrected chi connectivity index (χ0v) is 14.9. The van der Waals surface area contributed by atoms with Crippen molar-refractivity contribution in [3.05, 3.63) is 52.9 Å². The van der Waals surface area contributed by atoms with Crippen LogP contribution in [-0.2, 0) is 11.2 Å². The molecule has 0 bridgehead atoms. The summed E-state index contributed by atoms with van der Waals surface area (Å²) in [4.78, 5) is 17.9. The molecular formula is C18H14N2O3S2. The standard InChI is InChI=1S/C18H14N2O3S2/c1-22-12-4-5-13-11(9-23-15(13)8-12)7-17(21)20-18-19-14(10-25-18)16-3-2-6-24-16/h2-6,8-10H,7H2,1H3,(H,19,20,21). The Labute approximate surface area is 151 Å². The van der Waals surface area contributed by atoms with E-state index in [2.05, 4.69) is 10.3 Å². The van der Waals surface area contributed by atoms with Gasteiger partial charge in [-0.25, -0.2) is 4.98 Å². The summed E-state index contributed by atoms with van der Waals surface area (Å²) >= 11 is 3.05. The Morgan fingerprint density at radius 2 is 2.24 bits per heavy atom. The Morgan fingerprint density at radius 1 is 1.32 bits per heavy atom. The number of nitrogens with zero attached hydrogens (tertiary/aromatic N) is 1. The molecule has 0 unspecified atom stereocenters. The van der Waals surface area contributed by atoms with Crippen molar-refractivity contribution in [1.29, 1.82) is 0 Å². The van der Waals surface area contributed by atoms with Crippen molar-refractivity contribution in [2.45, 2.75) is 6.42 Å². The van der Waals surface area contributed by atoms with Crippen molar-refractivity contribution in [2.75, 3.05) is 12.4 Å². The smallest absolute Gasteiger partial charge is 0.230 e. The van der Waals surface area contributed by atoms with Gasteiger partial charge in [-0.05, 0) is 23.6 Å². The van der Waals surface area contributed by atoms with E-state index in [1.54, 1.807) is 24.7 Å². The number of furan rings is 1. The lowest BCUT2D eigenvalue weighted by atomic mass is 10.1. The lowest BCUT2D eigenvalue weighted by Gasteiger charge is -2.01. The highest BCUT2D eigenvalue weighted by Gasteiger charge is 2.13. The minimum atomic E-state index is -0.120. The van der Waals surface area contributed by atoms with E-state index in [0.29, 0.717) is 10.7 Å². The second-order valence-electron chi connectivity index (χ2n) is 5.36. The third-order valence-electron chi connectivity index (χ3n) is 3.74. The average molecular weight is 370 g/mol. The number of carbonyl (C=O) groups excluding carboxylic acids is 1. The number of methoxy groups -OCH3 is 1. The predicted molar refractivity (Wildman–Crippen MR) is 101 cm³/mol. The van der Waals surface area contributed by atoms with E-state index < -0.39 is 0 Å². The number of hydrogen-bond donors (Lipinski definition) is 1. The van der Waals surface area contributed by atoms with Gasteiger partial charge in [0.25, 0.3) is 0 Å². The molecule has 126 valence electrons. The quantitative estimate of drug-likeness (QED) is 0.548. The number of benzene rings is 1. The van der Waals surface area contributed by atoms with Gasteiger partial charge in [0.2, 0.25) is 5.91 Å². The average Bonchev–Trinajstić information content (AvgIpc) is 3.35. The van der Waals surface area contributed by atoms with Crippen LogP contribution in [0, 0.1) is 0 Å². The first-order valence-electron chi connectivity index (χ1n) is 7.56. The molecule has 4 rings (SSSR count). The number of nitrogens with one attached hydrogen (secondary N) is 1. The first-order chi connectivity index (χ1) is 12.2. The summed E-state index contributed by atoms with van der Waals surface area (Å²) in [6.07, 6.45) is 1.84. The monoisotopic (exact) mass is 370 g/mol. The predicted octanol–water partition coefficient (Wildman–Crippen LogP) is 4.81. The molecule has 0 radical (unpaired) electrons. The van der Waals surface area contributed by atoms with Crippen LogP contribution in [0.5, 0.6) is 5.75 Å². The molecule has 25 heavy (non-hydrogen) atoms. The van der Waals surface area contributed by atoms with Gasteiger partial charge in [-0.2, -0.15) is 0 Å². The molecule has 0 aliphatic heterocycles. The Kier molecular flexibility index (Phi) is 4.25. The van der Waals surface area contributed by atoms with Crippen molar-refractivity contribution in [2.24, 2.45) is 0 Å². The molecule has 0 aliphatic rings. The van der Waals surface area contributed by atoms with Gasteiger partial charge in [0.1, 0.15) is 11.3 Å². The Morgan fingerprint density at radius 3 is 3.04 bits per heavy atom. The molecule has 1 aromatic carbocycles. The molecule has 1 N–H and O–H groups in total. The van der Waals surface area contributed by atoms with E-state index in [9.17, 15) is 4.79 Å². The SMILES string of the molecule is COc1ccc2c(CC(=O)Nc3nc(-c4cccs4)cs3)coc2c1. The molecule has 0 spiro atoms. The van der Waals surface area contributed by atoms with Crippen LogP contribution in [0.1, 0.15) is 5.56 Å². The Hall–Kier alpha value is -2.64. The third-order valence-corrected chi connectivity index (χ3v) is 5.39. The summed E-state index contributed by atoms with van der Waals surface area (Å²) in [6.45, 7) is 0. The zero-order chi connectivity index (χ0) is 17.2. The van der Waals surface area contributed by atoms with Crippen molar-refractivity contribution in [3.63, 3.8) is 0 Å². The highest BCUT2D eigenvalue weighted by atomic mass is 32.1. The van der Waals surface area contributed by atoms with Crippen molar-refractivity contribution in [1.82, 2.24) is 4.98 Å². The molecule has 7 heteroatoms. The highest BCUT2D eigenvalue weighted by Crippen LogP contribution is 2.29. The van der Waals surface area contributed by atoms with E-state index in [-0.39, 0.29) is 12.3 Å². The summed E-state index contributed by atoms with van der Waals surface area (Å²) in [6, 6.07) is 9.56. The van der Waals surface area contributed by atoms with Gasteiger partial charge in [0.05, 0.1) is 30.4 Å². The van der Waals surface area contributed by atoms with Crippen LogP contribution in [0.2, 0.25) is 0 Å². The maximum absolute atomic E-state index is 12.3. The molecule has 0 saturated carbocycles. The summed E-state index contributed by atoms with van der Waals surface area (Å²) in [7, 11) is 1.61. The zero-order valence-electron chi connectivity index (χ0n) is 13.3. The summed E-state index contributed by atoms with van der Waals surface area (Å²) < 4.78 is 10.7. The first kappa shape index (κ1) is 15.9. The van der Waals surface area contributed by atoms with Gasteiger partial charge in [-0.3, -0.25) is 4.79 Å². The lowest BCUT2D eigenvalue weighted by Crippen LogP contribution is -2.13. The lowest BCUT2D eigenvalue weighted by molar-refractivity contribution is -0.115. The maximum Gasteiger partial charge on any atom is 0.230 e. The number of thiophene rings is 1. The molecule has 5 nitrogen and oxygen atoms in total. The van der Waals surface area contributed by atoms with Crippen LogP contribution in [0.25, 0.3) is 21.5 Å². The summed E-state index contributed by atoms with van der Waals surface area (Å²) in [5.74, 6) is 0.604. The minimum absolute atomic E-state index is 0.120. The molecule has 3 aromatic heterocycles. The van der Waals surface area contributed by atoms with Crippen LogP contribution in [0.4, 0.5) is 5.13 Å². The van der Waals surface area contributed by atoms with Gasteiger partial charge in [-0.1, -0.05) is 6.07 Å². The van der Waals surface area contributed by atoms with E-state index in [1.165, 1.54) is 11.3 Å². The van der Waals surface area contributed by atoms with Gasteiger partial charge in [0, 0.05) is 22.4 Å². The molecule has 0 fully saturated rings. The highest BCUT2D eigenvalue weighted by molar-refractivity contribution is 7.16. The number of amides is 1. The second kappa shape index (κ2) is 6.70. The number of thiazole rings is 1. The third kappa shape index (κ3) is 3.29. The van der Waals surface area contributed by atoms with Gasteiger partial charge in [-0.15, -0.1) is 22.7 Å². The molecule has 4 aromatic rings. The van der Waals surface area contributed by atoms with Crippen molar-refractivity contribution >= 4 is 44.7 Å². The van der Waals surface area contributed by atoms with Crippen LogP contribution < -0.4 is 10.1 Å². The van der Waals surface area contributed by atoms with E-state index in [0.717, 1.165) is 27.3 Å². The molecule has 0 atom stereocenters. The topological polar surface area (TPSA) is 64.4 Å². The summed E-state index contributed by atoms with van der Waals surface area (Å²) in [5, 5.41) is 8.32. The van der Waals surface area contributed by atoms with Crippen LogP contribution in [-0.4, -0.2) is 18.0 Å².